The summed E-state index contributed by atoms with van der Waals surface area (Å²) in [6.45, 7) is 4.77. The number of carbonyl (C=O) groups excluding carboxylic acids is 1. The Balaban J connectivity index is 1.71. The van der Waals surface area contributed by atoms with Crippen LogP contribution in [0.1, 0.15) is 23.6 Å². The van der Waals surface area contributed by atoms with Gasteiger partial charge in [0.15, 0.2) is 0 Å². The highest BCUT2D eigenvalue weighted by Gasteiger charge is 2.12. The number of hydrogen-bond acceptors (Lipinski definition) is 4. The van der Waals surface area contributed by atoms with E-state index in [2.05, 4.69) is 12.2 Å². The van der Waals surface area contributed by atoms with Crippen molar-refractivity contribution < 1.29 is 9.21 Å². The monoisotopic (exact) mass is 364 g/mol. The number of nitrogens with one attached hydrogen (secondary N) is 1. The van der Waals surface area contributed by atoms with Crippen molar-refractivity contribution in [2.24, 2.45) is 0 Å². The second-order valence-electron chi connectivity index (χ2n) is 6.86. The Hall–Kier alpha value is -2.92. The summed E-state index contributed by atoms with van der Waals surface area (Å²) in [4.78, 5) is 26.1. The van der Waals surface area contributed by atoms with E-state index >= 15 is 0 Å². The van der Waals surface area contributed by atoms with Crippen LogP contribution in [0.2, 0.25) is 0 Å². The number of hydrogen-bond donors (Lipinski definition) is 1. The Bertz CT molecular complexity index is 1010. The normalized spacial score (nSPS) is 11.1. The summed E-state index contributed by atoms with van der Waals surface area (Å²) in [6, 6.07) is 15.1. The first-order valence-corrected chi connectivity index (χ1v) is 9.05. The summed E-state index contributed by atoms with van der Waals surface area (Å²) in [6.07, 6.45) is 0.878. The maximum absolute atomic E-state index is 12.3. The number of nitrogens with zero attached hydrogens (tertiary/aromatic N) is 1. The van der Waals surface area contributed by atoms with Crippen LogP contribution in [0, 0.1) is 6.92 Å². The zero-order valence-electron chi connectivity index (χ0n) is 15.9. The average molecular weight is 364 g/mol. The SMILES string of the molecule is CCc1ccc2c(CN(C)CC(=O)Nc3ccc(C)cc3)cc(=O)oc2c1. The van der Waals surface area contributed by atoms with Crippen LogP contribution in [0.15, 0.2) is 57.7 Å². The van der Waals surface area contributed by atoms with Gasteiger partial charge in [0, 0.05) is 23.7 Å². The Morgan fingerprint density at radius 3 is 2.56 bits per heavy atom. The third-order valence-corrected chi connectivity index (χ3v) is 4.49. The molecular formula is C22H24N2O3. The molecule has 1 heterocycles. The van der Waals surface area contributed by atoms with Gasteiger partial charge in [-0.1, -0.05) is 36.8 Å². The number of fused-ring (bicyclic) bond motifs is 1. The van der Waals surface area contributed by atoms with Gasteiger partial charge in [-0.15, -0.1) is 0 Å². The number of likely N-dealkylation sites (N-methyl/N-ethyl adjacent to an activating group) is 1. The van der Waals surface area contributed by atoms with Crippen molar-refractivity contribution in [3.8, 4) is 0 Å². The van der Waals surface area contributed by atoms with Crippen molar-refractivity contribution in [2.45, 2.75) is 26.8 Å². The van der Waals surface area contributed by atoms with Gasteiger partial charge >= 0.3 is 5.63 Å². The van der Waals surface area contributed by atoms with Crippen molar-refractivity contribution in [3.05, 3.63) is 75.6 Å². The molecule has 27 heavy (non-hydrogen) atoms. The lowest BCUT2D eigenvalue weighted by molar-refractivity contribution is -0.117. The quantitative estimate of drug-likeness (QED) is 0.677. The molecule has 3 aromatic rings. The Labute approximate surface area is 158 Å². The zero-order valence-corrected chi connectivity index (χ0v) is 15.9. The zero-order chi connectivity index (χ0) is 19.4. The van der Waals surface area contributed by atoms with Gasteiger partial charge < -0.3 is 9.73 Å². The Kier molecular flexibility index (Phi) is 5.72. The van der Waals surface area contributed by atoms with Crippen molar-refractivity contribution in [1.29, 1.82) is 0 Å². The molecule has 5 nitrogen and oxygen atoms in total. The molecule has 140 valence electrons. The molecule has 1 N–H and O–H groups in total. The van der Waals surface area contributed by atoms with E-state index in [0.717, 1.165) is 34.2 Å². The molecule has 0 saturated heterocycles. The third-order valence-electron chi connectivity index (χ3n) is 4.49. The summed E-state index contributed by atoms with van der Waals surface area (Å²) in [5.41, 5.74) is 4.11. The predicted octanol–water partition coefficient (Wildman–Crippen LogP) is 3.73. The molecule has 0 spiro atoms. The standard InChI is InChI=1S/C22H24N2O3/c1-4-16-7-10-19-17(12-22(26)27-20(19)11-16)13-24(3)14-21(25)23-18-8-5-15(2)6-9-18/h5-12H,4,13-14H2,1-3H3,(H,23,25). The van der Waals surface area contributed by atoms with E-state index < -0.39 is 0 Å². The van der Waals surface area contributed by atoms with Crippen molar-refractivity contribution in [3.63, 3.8) is 0 Å². The molecule has 5 heteroatoms. The van der Waals surface area contributed by atoms with Gasteiger partial charge in [0.2, 0.25) is 5.91 Å². The molecule has 0 bridgehead atoms. The van der Waals surface area contributed by atoms with E-state index in [9.17, 15) is 9.59 Å². The second-order valence-corrected chi connectivity index (χ2v) is 6.86. The van der Waals surface area contributed by atoms with Crippen LogP contribution in [0.25, 0.3) is 11.0 Å². The minimum Gasteiger partial charge on any atom is -0.423 e. The van der Waals surface area contributed by atoms with Crippen LogP contribution in [-0.4, -0.2) is 24.4 Å². The Morgan fingerprint density at radius 1 is 1.11 bits per heavy atom. The number of anilines is 1. The number of amides is 1. The van der Waals surface area contributed by atoms with Crippen molar-refractivity contribution in [1.82, 2.24) is 4.90 Å². The minimum absolute atomic E-state index is 0.0955. The van der Waals surface area contributed by atoms with Gasteiger partial charge in [0.05, 0.1) is 6.54 Å². The molecule has 0 fully saturated rings. The van der Waals surface area contributed by atoms with E-state index in [4.69, 9.17) is 4.42 Å². The largest absolute Gasteiger partial charge is 0.423 e. The first-order chi connectivity index (χ1) is 12.9. The maximum atomic E-state index is 12.3. The van der Waals surface area contributed by atoms with Gasteiger partial charge in [-0.3, -0.25) is 9.69 Å². The number of rotatable bonds is 6. The van der Waals surface area contributed by atoms with E-state index in [1.807, 2.05) is 61.3 Å². The van der Waals surface area contributed by atoms with Gasteiger partial charge in [-0.25, -0.2) is 4.79 Å². The topological polar surface area (TPSA) is 62.6 Å². The van der Waals surface area contributed by atoms with Crippen LogP contribution >= 0.6 is 0 Å². The molecule has 0 aliphatic rings. The average Bonchev–Trinajstić information content (AvgIpc) is 2.62. The summed E-state index contributed by atoms with van der Waals surface area (Å²) < 4.78 is 5.34. The number of aryl methyl sites for hydroxylation is 2. The second kappa shape index (κ2) is 8.18. The molecule has 0 unspecified atom stereocenters. The van der Waals surface area contributed by atoms with E-state index in [1.165, 1.54) is 6.07 Å². The molecule has 0 radical (unpaired) electrons. The lowest BCUT2D eigenvalue weighted by Crippen LogP contribution is -2.30. The van der Waals surface area contributed by atoms with Crippen LogP contribution in [0.4, 0.5) is 5.69 Å². The highest BCUT2D eigenvalue weighted by Crippen LogP contribution is 2.20. The molecule has 1 amide bonds. The van der Waals surface area contributed by atoms with E-state index in [0.29, 0.717) is 12.1 Å². The molecule has 2 aromatic carbocycles. The molecular weight excluding hydrogens is 340 g/mol. The van der Waals surface area contributed by atoms with Crippen molar-refractivity contribution >= 4 is 22.6 Å². The fourth-order valence-corrected chi connectivity index (χ4v) is 3.05. The number of carbonyl (C=O) groups is 1. The van der Waals surface area contributed by atoms with Crippen molar-refractivity contribution in [2.75, 3.05) is 18.9 Å². The molecule has 0 aliphatic carbocycles. The van der Waals surface area contributed by atoms with Gasteiger partial charge in [-0.05, 0) is 49.7 Å². The van der Waals surface area contributed by atoms with Gasteiger partial charge in [-0.2, -0.15) is 0 Å². The third kappa shape index (κ3) is 4.83. The molecule has 0 atom stereocenters. The smallest absolute Gasteiger partial charge is 0.336 e. The van der Waals surface area contributed by atoms with Crippen LogP contribution in [0.5, 0.6) is 0 Å². The highest BCUT2D eigenvalue weighted by atomic mass is 16.4. The lowest BCUT2D eigenvalue weighted by atomic mass is 10.1. The van der Waals surface area contributed by atoms with Gasteiger partial charge in [0.25, 0.3) is 0 Å². The van der Waals surface area contributed by atoms with Crippen LogP contribution in [-0.2, 0) is 17.8 Å². The fourth-order valence-electron chi connectivity index (χ4n) is 3.05. The number of benzene rings is 2. The molecule has 3 rings (SSSR count). The van der Waals surface area contributed by atoms with Gasteiger partial charge in [0.1, 0.15) is 5.58 Å². The first kappa shape index (κ1) is 18.9. The first-order valence-electron chi connectivity index (χ1n) is 9.05. The minimum atomic E-state index is -0.372. The molecule has 0 saturated carbocycles. The summed E-state index contributed by atoms with van der Waals surface area (Å²) in [5.74, 6) is -0.0955. The summed E-state index contributed by atoms with van der Waals surface area (Å²) in [5, 5.41) is 3.79. The van der Waals surface area contributed by atoms with E-state index in [1.54, 1.807) is 0 Å². The lowest BCUT2D eigenvalue weighted by Gasteiger charge is -2.17. The van der Waals surface area contributed by atoms with E-state index in [-0.39, 0.29) is 18.1 Å². The summed E-state index contributed by atoms with van der Waals surface area (Å²) in [7, 11) is 1.86. The molecule has 0 aliphatic heterocycles. The van der Waals surface area contributed by atoms with Crippen LogP contribution < -0.4 is 10.9 Å². The maximum Gasteiger partial charge on any atom is 0.336 e. The van der Waals surface area contributed by atoms with Crippen LogP contribution in [0.3, 0.4) is 0 Å². The molecule has 1 aromatic heterocycles. The fraction of sp³-hybridized carbons (Fsp3) is 0.273. The highest BCUT2D eigenvalue weighted by molar-refractivity contribution is 5.92. The summed E-state index contributed by atoms with van der Waals surface area (Å²) >= 11 is 0. The Morgan fingerprint density at radius 2 is 1.85 bits per heavy atom. The predicted molar refractivity (Wildman–Crippen MR) is 108 cm³/mol.